The molecule has 0 N–H and O–H groups in total. The number of nitriles is 1. The molecule has 1 unspecified atom stereocenters. The highest BCUT2D eigenvalue weighted by Crippen LogP contribution is 2.31. The van der Waals surface area contributed by atoms with Crippen molar-refractivity contribution in [1.82, 2.24) is 9.21 Å². The number of rotatable bonds is 5. The van der Waals surface area contributed by atoms with E-state index in [4.69, 9.17) is 5.26 Å². The average Bonchev–Trinajstić information content (AvgIpc) is 2.71. The summed E-state index contributed by atoms with van der Waals surface area (Å²) in [5.74, 6) is 1.03. The van der Waals surface area contributed by atoms with Crippen molar-refractivity contribution < 1.29 is 8.42 Å². The smallest absolute Gasteiger partial charge is 0.243 e. The molecule has 6 heteroatoms. The zero-order valence-corrected chi connectivity index (χ0v) is 19.6. The number of piperidine rings is 2. The Hall–Kier alpha value is -1.42. The van der Waals surface area contributed by atoms with E-state index in [1.165, 1.54) is 12.8 Å². The predicted molar refractivity (Wildman–Crippen MR) is 122 cm³/mol. The Morgan fingerprint density at radius 3 is 2.40 bits per heavy atom. The fourth-order valence-electron chi connectivity index (χ4n) is 5.20. The molecule has 166 valence electrons. The van der Waals surface area contributed by atoms with Gasteiger partial charge in [-0.2, -0.15) is 9.57 Å². The Bertz CT molecular complexity index is 834. The van der Waals surface area contributed by atoms with Gasteiger partial charge in [-0.15, -0.1) is 0 Å². The Kier molecular flexibility index (Phi) is 7.95. The maximum absolute atomic E-state index is 13.4. The van der Waals surface area contributed by atoms with Crippen molar-refractivity contribution in [3.63, 3.8) is 0 Å². The predicted octanol–water partition coefficient (Wildman–Crippen LogP) is 4.61. The molecule has 1 aliphatic carbocycles. The first kappa shape index (κ1) is 23.2. The molecule has 5 nitrogen and oxygen atoms in total. The van der Waals surface area contributed by atoms with E-state index < -0.39 is 10.0 Å². The number of sulfonamides is 1. The molecule has 0 bridgehead atoms. The lowest BCUT2D eigenvalue weighted by Gasteiger charge is -2.41. The summed E-state index contributed by atoms with van der Waals surface area (Å²) in [5.41, 5.74) is 1.98. The molecule has 2 fully saturated rings. The third kappa shape index (κ3) is 5.63. The minimum absolute atomic E-state index is 0.348. The first-order valence-electron chi connectivity index (χ1n) is 11.5. The Morgan fingerprint density at radius 1 is 1.10 bits per heavy atom. The van der Waals surface area contributed by atoms with Crippen molar-refractivity contribution in [2.75, 3.05) is 26.2 Å². The normalized spacial score (nSPS) is 31.4. The molecule has 0 radical (unpaired) electrons. The topological polar surface area (TPSA) is 64.4 Å². The zero-order valence-electron chi connectivity index (χ0n) is 18.8. The highest BCUT2D eigenvalue weighted by atomic mass is 32.2. The lowest BCUT2D eigenvalue weighted by molar-refractivity contribution is 0.0955. The summed E-state index contributed by atoms with van der Waals surface area (Å²) in [5, 5.41) is 8.78. The molecule has 0 aromatic carbocycles. The quantitative estimate of drug-likeness (QED) is 0.637. The van der Waals surface area contributed by atoms with Crippen molar-refractivity contribution >= 4 is 10.0 Å². The van der Waals surface area contributed by atoms with Crippen LogP contribution in [-0.2, 0) is 10.0 Å². The number of nitrogens with zero attached hydrogens (tertiary/aromatic N) is 3. The van der Waals surface area contributed by atoms with Crippen LogP contribution in [0.25, 0.3) is 0 Å². The van der Waals surface area contributed by atoms with Gasteiger partial charge in [0.1, 0.15) is 0 Å². The van der Waals surface area contributed by atoms with E-state index in [0.717, 1.165) is 49.9 Å². The molecule has 0 amide bonds. The van der Waals surface area contributed by atoms with Crippen LogP contribution in [0.2, 0.25) is 0 Å². The molecule has 0 aromatic rings. The highest BCUT2D eigenvalue weighted by Gasteiger charge is 2.34. The molecular weight excluding hydrogens is 394 g/mol. The summed E-state index contributed by atoms with van der Waals surface area (Å²) < 4.78 is 28.5. The molecule has 0 saturated carbocycles. The van der Waals surface area contributed by atoms with Crippen LogP contribution in [0.5, 0.6) is 0 Å². The number of hydrogen-bond acceptors (Lipinski definition) is 4. The van der Waals surface area contributed by atoms with Crippen molar-refractivity contribution in [1.29, 1.82) is 5.26 Å². The van der Waals surface area contributed by atoms with Crippen LogP contribution in [-0.4, -0.2) is 49.8 Å². The van der Waals surface area contributed by atoms with Gasteiger partial charge < -0.3 is 4.90 Å². The van der Waals surface area contributed by atoms with Crippen LogP contribution in [0.15, 0.2) is 34.3 Å². The van der Waals surface area contributed by atoms with Crippen LogP contribution in [0, 0.1) is 23.2 Å². The van der Waals surface area contributed by atoms with Crippen LogP contribution in [0.1, 0.15) is 65.7 Å². The Morgan fingerprint density at radius 2 is 1.77 bits per heavy atom. The minimum Gasteiger partial charge on any atom is -0.300 e. The van der Waals surface area contributed by atoms with Crippen LogP contribution in [0.4, 0.5) is 0 Å². The Balaban J connectivity index is 1.59. The molecule has 0 spiro atoms. The van der Waals surface area contributed by atoms with Gasteiger partial charge in [0.25, 0.3) is 0 Å². The second kappa shape index (κ2) is 10.3. The van der Waals surface area contributed by atoms with Crippen molar-refractivity contribution in [2.45, 2.75) is 71.8 Å². The zero-order chi connectivity index (χ0) is 21.7. The standard InChI is InChI=1S/C24H37N3O2S/c1-19-6-7-24(21(3)18-20(2)17-19)30(28,29)27-15-10-23(11-16-27)26-13-8-22(9-14-26)5-4-12-25/h7,17-19,22-23H,4-6,8-11,13-16H2,1-3H3/b20-17-,21-18-,24-7-. The molecule has 2 aliphatic heterocycles. The lowest BCUT2D eigenvalue weighted by atomic mass is 9.90. The van der Waals surface area contributed by atoms with E-state index in [2.05, 4.69) is 24.0 Å². The fraction of sp³-hybridized carbons (Fsp3) is 0.708. The highest BCUT2D eigenvalue weighted by molar-refractivity contribution is 7.93. The second-order valence-corrected chi connectivity index (χ2v) is 11.2. The van der Waals surface area contributed by atoms with Crippen LogP contribution < -0.4 is 0 Å². The first-order valence-corrected chi connectivity index (χ1v) is 12.9. The van der Waals surface area contributed by atoms with E-state index in [9.17, 15) is 8.42 Å². The van der Waals surface area contributed by atoms with Crippen molar-refractivity contribution in [2.24, 2.45) is 11.8 Å². The number of hydrogen-bond donors (Lipinski definition) is 0. The van der Waals surface area contributed by atoms with Gasteiger partial charge >= 0.3 is 0 Å². The average molecular weight is 432 g/mol. The maximum Gasteiger partial charge on any atom is 0.243 e. The third-order valence-corrected chi connectivity index (χ3v) is 9.02. The molecule has 30 heavy (non-hydrogen) atoms. The van der Waals surface area contributed by atoms with Crippen molar-refractivity contribution in [3.05, 3.63) is 34.3 Å². The molecule has 2 heterocycles. The summed E-state index contributed by atoms with van der Waals surface area (Å²) in [7, 11) is -3.44. The SMILES string of the molecule is CC1=C/C(C)C/C=C(S(=O)(=O)N2CCC(N3CCC(CCC#N)CC3)CC2)/C(C)=C\1. The monoisotopic (exact) mass is 431 g/mol. The molecular formula is C24H37N3O2S. The van der Waals surface area contributed by atoms with E-state index in [1.807, 2.05) is 26.0 Å². The second-order valence-electron chi connectivity index (χ2n) is 9.33. The minimum atomic E-state index is -3.44. The molecule has 1 atom stereocenters. The van der Waals surface area contributed by atoms with E-state index in [0.29, 0.717) is 42.3 Å². The van der Waals surface area contributed by atoms with Crippen LogP contribution in [0.3, 0.4) is 0 Å². The lowest BCUT2D eigenvalue weighted by Crippen LogP contribution is -2.49. The van der Waals surface area contributed by atoms with Gasteiger partial charge in [-0.25, -0.2) is 8.42 Å². The summed E-state index contributed by atoms with van der Waals surface area (Å²) in [6.07, 6.45) is 12.7. The van der Waals surface area contributed by atoms with Crippen LogP contribution >= 0.6 is 0 Å². The fourth-order valence-corrected chi connectivity index (χ4v) is 6.94. The van der Waals surface area contributed by atoms with E-state index in [1.54, 1.807) is 4.31 Å². The molecule has 3 rings (SSSR count). The largest absolute Gasteiger partial charge is 0.300 e. The van der Waals surface area contributed by atoms with Gasteiger partial charge in [-0.05, 0) is 82.9 Å². The molecule has 3 aliphatic rings. The summed E-state index contributed by atoms with van der Waals surface area (Å²) >= 11 is 0. The van der Waals surface area contributed by atoms with E-state index >= 15 is 0 Å². The third-order valence-electron chi connectivity index (χ3n) is 6.93. The summed E-state index contributed by atoms with van der Waals surface area (Å²) in [6.45, 7) is 9.49. The van der Waals surface area contributed by atoms with Gasteiger partial charge in [0.05, 0.1) is 11.0 Å². The first-order chi connectivity index (χ1) is 14.3. The van der Waals surface area contributed by atoms with Gasteiger partial charge in [-0.1, -0.05) is 30.7 Å². The maximum atomic E-state index is 13.4. The van der Waals surface area contributed by atoms with E-state index in [-0.39, 0.29) is 0 Å². The number of allylic oxidation sites excluding steroid dienone is 5. The summed E-state index contributed by atoms with van der Waals surface area (Å²) in [6, 6.07) is 2.75. The summed E-state index contributed by atoms with van der Waals surface area (Å²) in [4.78, 5) is 3.06. The number of likely N-dealkylation sites (tertiary alicyclic amines) is 1. The van der Waals surface area contributed by atoms with Gasteiger partial charge in [0.15, 0.2) is 0 Å². The molecule has 2 saturated heterocycles. The van der Waals surface area contributed by atoms with Gasteiger partial charge in [-0.3, -0.25) is 0 Å². The Labute approximate surface area is 183 Å². The van der Waals surface area contributed by atoms with Gasteiger partial charge in [0.2, 0.25) is 10.0 Å². The molecule has 0 aromatic heterocycles. The van der Waals surface area contributed by atoms with Crippen molar-refractivity contribution in [3.8, 4) is 6.07 Å². The van der Waals surface area contributed by atoms with Gasteiger partial charge in [0, 0.05) is 25.6 Å².